The molecule has 19 heavy (non-hydrogen) atoms. The Balaban J connectivity index is 2.07. The molecule has 2 aromatic carbocycles. The summed E-state index contributed by atoms with van der Waals surface area (Å²) in [6.07, 6.45) is 1.99. The van der Waals surface area contributed by atoms with Crippen molar-refractivity contribution in [1.29, 1.82) is 0 Å². The summed E-state index contributed by atoms with van der Waals surface area (Å²) < 4.78 is 0. The molecule has 0 bridgehead atoms. The second kappa shape index (κ2) is 6.98. The second-order valence-electron chi connectivity index (χ2n) is 4.98. The van der Waals surface area contributed by atoms with Crippen LogP contribution in [-0.2, 0) is 12.8 Å². The maximum Gasteiger partial charge on any atom is 0.0408 e. The Kier molecular flexibility index (Phi) is 5.30. The average Bonchev–Trinajstić information content (AvgIpc) is 2.40. The van der Waals surface area contributed by atoms with Crippen LogP contribution in [0, 0.1) is 12.8 Å². The SMILES string of the molecule is Cc1ccccc1CC(CCl)Cc1cccc(Cl)c1. The van der Waals surface area contributed by atoms with Crippen LogP contribution in [0.3, 0.4) is 0 Å². The van der Waals surface area contributed by atoms with Gasteiger partial charge in [-0.05, 0) is 54.5 Å². The van der Waals surface area contributed by atoms with Crippen molar-refractivity contribution in [2.24, 2.45) is 5.92 Å². The van der Waals surface area contributed by atoms with Crippen LogP contribution in [0.15, 0.2) is 48.5 Å². The van der Waals surface area contributed by atoms with Crippen LogP contribution in [-0.4, -0.2) is 5.88 Å². The van der Waals surface area contributed by atoms with Gasteiger partial charge in [-0.1, -0.05) is 48.0 Å². The van der Waals surface area contributed by atoms with Gasteiger partial charge in [0.2, 0.25) is 0 Å². The molecule has 0 heterocycles. The van der Waals surface area contributed by atoms with Gasteiger partial charge >= 0.3 is 0 Å². The van der Waals surface area contributed by atoms with Crippen molar-refractivity contribution in [2.45, 2.75) is 19.8 Å². The van der Waals surface area contributed by atoms with Crippen molar-refractivity contribution in [3.63, 3.8) is 0 Å². The van der Waals surface area contributed by atoms with Gasteiger partial charge in [0.05, 0.1) is 0 Å². The predicted octanol–water partition coefficient (Wildman–Crippen LogP) is 5.29. The molecule has 0 nitrogen and oxygen atoms in total. The molecule has 1 unspecified atom stereocenters. The van der Waals surface area contributed by atoms with E-state index in [9.17, 15) is 0 Å². The van der Waals surface area contributed by atoms with Gasteiger partial charge in [-0.25, -0.2) is 0 Å². The Bertz CT molecular complexity index is 534. The molecule has 0 N–H and O–H groups in total. The molecule has 1 atom stereocenters. The van der Waals surface area contributed by atoms with Gasteiger partial charge in [0.25, 0.3) is 0 Å². The average molecular weight is 293 g/mol. The van der Waals surface area contributed by atoms with E-state index in [1.54, 1.807) is 0 Å². The molecule has 0 aliphatic carbocycles. The van der Waals surface area contributed by atoms with Crippen molar-refractivity contribution >= 4 is 23.2 Å². The second-order valence-corrected chi connectivity index (χ2v) is 5.73. The molecular formula is C17H18Cl2. The summed E-state index contributed by atoms with van der Waals surface area (Å²) in [6, 6.07) is 16.5. The Labute approximate surface area is 125 Å². The van der Waals surface area contributed by atoms with Crippen LogP contribution in [0.25, 0.3) is 0 Å². The maximum absolute atomic E-state index is 6.13. The van der Waals surface area contributed by atoms with E-state index in [-0.39, 0.29) is 0 Å². The molecule has 0 aliphatic heterocycles. The van der Waals surface area contributed by atoms with Gasteiger partial charge in [-0.2, -0.15) is 0 Å². The number of benzene rings is 2. The topological polar surface area (TPSA) is 0 Å². The first-order valence-corrected chi connectivity index (χ1v) is 7.45. The molecule has 0 saturated carbocycles. The summed E-state index contributed by atoms with van der Waals surface area (Å²) in [7, 11) is 0. The molecular weight excluding hydrogens is 275 g/mol. The molecule has 100 valence electrons. The third kappa shape index (κ3) is 4.26. The maximum atomic E-state index is 6.13. The van der Waals surface area contributed by atoms with Crippen LogP contribution in [0.4, 0.5) is 0 Å². The van der Waals surface area contributed by atoms with E-state index in [2.05, 4.69) is 37.3 Å². The minimum Gasteiger partial charge on any atom is -0.126 e. The lowest BCUT2D eigenvalue weighted by Gasteiger charge is -2.15. The van der Waals surface area contributed by atoms with Crippen LogP contribution in [0.5, 0.6) is 0 Å². The van der Waals surface area contributed by atoms with Gasteiger partial charge in [-0.15, -0.1) is 11.6 Å². The minimum absolute atomic E-state index is 0.446. The molecule has 2 aromatic rings. The van der Waals surface area contributed by atoms with Crippen molar-refractivity contribution in [3.05, 3.63) is 70.2 Å². The highest BCUT2D eigenvalue weighted by atomic mass is 35.5. The molecule has 0 aromatic heterocycles. The van der Waals surface area contributed by atoms with Crippen LogP contribution >= 0.6 is 23.2 Å². The number of hydrogen-bond acceptors (Lipinski definition) is 0. The van der Waals surface area contributed by atoms with Gasteiger partial charge in [0.1, 0.15) is 0 Å². The standard InChI is InChI=1S/C17H18Cl2/c1-13-5-2-3-7-16(13)10-15(12-18)9-14-6-4-8-17(19)11-14/h2-8,11,15H,9-10,12H2,1H3. The summed E-state index contributed by atoms with van der Waals surface area (Å²) in [4.78, 5) is 0. The lowest BCUT2D eigenvalue weighted by atomic mass is 9.92. The fraction of sp³-hybridized carbons (Fsp3) is 0.294. The molecule has 0 saturated heterocycles. The molecule has 0 amide bonds. The van der Waals surface area contributed by atoms with Gasteiger partial charge < -0.3 is 0 Å². The fourth-order valence-electron chi connectivity index (χ4n) is 2.33. The van der Waals surface area contributed by atoms with Crippen molar-refractivity contribution in [2.75, 3.05) is 5.88 Å². The number of rotatable bonds is 5. The first kappa shape index (κ1) is 14.4. The highest BCUT2D eigenvalue weighted by Gasteiger charge is 2.11. The van der Waals surface area contributed by atoms with Crippen molar-refractivity contribution < 1.29 is 0 Å². The zero-order valence-electron chi connectivity index (χ0n) is 11.1. The van der Waals surface area contributed by atoms with E-state index in [1.165, 1.54) is 16.7 Å². The van der Waals surface area contributed by atoms with Gasteiger partial charge in [0.15, 0.2) is 0 Å². The van der Waals surface area contributed by atoms with Crippen molar-refractivity contribution in [1.82, 2.24) is 0 Å². The van der Waals surface area contributed by atoms with E-state index < -0.39 is 0 Å². The summed E-state index contributed by atoms with van der Waals surface area (Å²) >= 11 is 12.2. The molecule has 0 spiro atoms. The highest BCUT2D eigenvalue weighted by Crippen LogP contribution is 2.20. The predicted molar refractivity (Wildman–Crippen MR) is 84.2 cm³/mol. The molecule has 0 aliphatic rings. The number of aryl methyl sites for hydroxylation is 1. The summed E-state index contributed by atoms with van der Waals surface area (Å²) in [5.41, 5.74) is 3.98. The van der Waals surface area contributed by atoms with Crippen LogP contribution in [0.1, 0.15) is 16.7 Å². The summed E-state index contributed by atoms with van der Waals surface area (Å²) in [5, 5.41) is 0.793. The Morgan fingerprint density at radius 3 is 2.47 bits per heavy atom. The minimum atomic E-state index is 0.446. The first-order valence-electron chi connectivity index (χ1n) is 6.54. The Morgan fingerprint density at radius 2 is 1.79 bits per heavy atom. The zero-order chi connectivity index (χ0) is 13.7. The third-order valence-electron chi connectivity index (χ3n) is 3.40. The van der Waals surface area contributed by atoms with Crippen LogP contribution in [0.2, 0.25) is 5.02 Å². The van der Waals surface area contributed by atoms with E-state index in [0.29, 0.717) is 11.8 Å². The summed E-state index contributed by atoms with van der Waals surface area (Å²) in [6.45, 7) is 2.15. The number of halogens is 2. The smallest absolute Gasteiger partial charge is 0.0408 e. The van der Waals surface area contributed by atoms with Gasteiger partial charge in [0, 0.05) is 10.9 Å². The van der Waals surface area contributed by atoms with Crippen molar-refractivity contribution in [3.8, 4) is 0 Å². The highest BCUT2D eigenvalue weighted by molar-refractivity contribution is 6.30. The number of hydrogen-bond donors (Lipinski definition) is 0. The summed E-state index contributed by atoms with van der Waals surface area (Å²) in [5.74, 6) is 1.11. The Hall–Kier alpha value is -0.980. The zero-order valence-corrected chi connectivity index (χ0v) is 12.6. The quantitative estimate of drug-likeness (QED) is 0.657. The molecule has 0 fully saturated rings. The fourth-order valence-corrected chi connectivity index (χ4v) is 2.76. The van der Waals surface area contributed by atoms with E-state index in [0.717, 1.165) is 17.9 Å². The van der Waals surface area contributed by atoms with E-state index in [4.69, 9.17) is 23.2 Å². The largest absolute Gasteiger partial charge is 0.126 e. The monoisotopic (exact) mass is 292 g/mol. The lowest BCUT2D eigenvalue weighted by molar-refractivity contribution is 0.582. The molecule has 2 heteroatoms. The van der Waals surface area contributed by atoms with E-state index in [1.807, 2.05) is 18.2 Å². The normalized spacial score (nSPS) is 12.4. The van der Waals surface area contributed by atoms with Crippen LogP contribution < -0.4 is 0 Å². The van der Waals surface area contributed by atoms with E-state index >= 15 is 0 Å². The lowest BCUT2D eigenvalue weighted by Crippen LogP contribution is -2.11. The third-order valence-corrected chi connectivity index (χ3v) is 4.07. The Morgan fingerprint density at radius 1 is 1.00 bits per heavy atom. The first-order chi connectivity index (χ1) is 9.19. The molecule has 2 rings (SSSR count). The van der Waals surface area contributed by atoms with Gasteiger partial charge in [-0.3, -0.25) is 0 Å². The molecule has 0 radical (unpaired) electrons. The number of alkyl halides is 1.